The van der Waals surface area contributed by atoms with Crippen molar-refractivity contribution < 1.29 is 19.1 Å². The number of carbonyl (C=O) groups is 3. The van der Waals surface area contributed by atoms with Gasteiger partial charge in [0, 0.05) is 24.5 Å². The van der Waals surface area contributed by atoms with E-state index in [0.29, 0.717) is 32.2 Å². The molecule has 1 saturated carbocycles. The van der Waals surface area contributed by atoms with Crippen molar-refractivity contribution in [1.29, 1.82) is 0 Å². The molecule has 1 fully saturated rings. The van der Waals surface area contributed by atoms with Gasteiger partial charge in [-0.05, 0) is 48.4 Å². The van der Waals surface area contributed by atoms with Crippen molar-refractivity contribution in [3.05, 3.63) is 126 Å². The summed E-state index contributed by atoms with van der Waals surface area (Å²) in [7, 11) is 0. The summed E-state index contributed by atoms with van der Waals surface area (Å²) < 4.78 is 6.03. The Bertz CT molecular complexity index is 1560. The molecule has 212 valence electrons. The maximum absolute atomic E-state index is 14.6. The number of nitrogens with zero attached hydrogens (tertiary/aromatic N) is 3. The lowest BCUT2D eigenvalue weighted by atomic mass is 9.65. The van der Waals surface area contributed by atoms with E-state index in [0.717, 1.165) is 22.4 Å². The molecule has 2 aliphatic rings. The number of nitrogens with one attached hydrogen (secondary N) is 1. The number of aromatic nitrogens is 2. The SMILES string of the molecule is O=C(CCc1ccccc1)N[C@H]1[C@@H](OC(=O)c2cnccn2)CCC[C@]12C(=O)N(Cc1ccccc1)c1ccccc12. The number of para-hydroxylation sites is 1. The second-order valence-electron chi connectivity index (χ2n) is 10.8. The fourth-order valence-corrected chi connectivity index (χ4v) is 6.33. The monoisotopic (exact) mass is 560 g/mol. The molecule has 0 unspecified atom stereocenters. The minimum atomic E-state index is -1.08. The normalized spacial score (nSPS) is 21.1. The summed E-state index contributed by atoms with van der Waals surface area (Å²) in [6.45, 7) is 0.400. The van der Waals surface area contributed by atoms with Gasteiger partial charge in [-0.3, -0.25) is 14.6 Å². The molecular formula is C34H32N4O4. The Morgan fingerprint density at radius 1 is 0.929 bits per heavy atom. The van der Waals surface area contributed by atoms with Crippen LogP contribution in [0.5, 0.6) is 0 Å². The summed E-state index contributed by atoms with van der Waals surface area (Å²) in [6, 6.07) is 26.7. The van der Waals surface area contributed by atoms with Crippen molar-refractivity contribution in [2.45, 2.75) is 56.2 Å². The number of aryl methyl sites for hydroxylation is 1. The van der Waals surface area contributed by atoms with Crippen LogP contribution in [0.2, 0.25) is 0 Å². The second kappa shape index (κ2) is 11.9. The number of fused-ring (bicyclic) bond motifs is 2. The predicted octanol–water partition coefficient (Wildman–Crippen LogP) is 4.79. The maximum atomic E-state index is 14.6. The summed E-state index contributed by atoms with van der Waals surface area (Å²) in [5.41, 5.74) is 2.71. The summed E-state index contributed by atoms with van der Waals surface area (Å²) in [5, 5.41) is 3.18. The number of carbonyl (C=O) groups excluding carboxylic acids is 3. The van der Waals surface area contributed by atoms with Crippen LogP contribution >= 0.6 is 0 Å². The Kier molecular flexibility index (Phi) is 7.77. The Hall–Kier alpha value is -4.85. The number of amides is 2. The molecule has 4 aromatic rings. The molecule has 6 rings (SSSR count). The van der Waals surface area contributed by atoms with Gasteiger partial charge in [0.25, 0.3) is 0 Å². The van der Waals surface area contributed by atoms with Gasteiger partial charge < -0.3 is 15.0 Å². The first-order valence-electron chi connectivity index (χ1n) is 14.3. The third-order valence-corrected chi connectivity index (χ3v) is 8.28. The molecule has 0 radical (unpaired) electrons. The van der Waals surface area contributed by atoms with Crippen LogP contribution in [0.1, 0.15) is 52.9 Å². The van der Waals surface area contributed by atoms with Crippen molar-refractivity contribution in [3.63, 3.8) is 0 Å². The van der Waals surface area contributed by atoms with E-state index in [1.165, 1.54) is 18.6 Å². The maximum Gasteiger partial charge on any atom is 0.358 e. The van der Waals surface area contributed by atoms with E-state index in [1.807, 2.05) is 84.9 Å². The summed E-state index contributed by atoms with van der Waals surface area (Å²) in [6.07, 6.45) is 6.01. The summed E-state index contributed by atoms with van der Waals surface area (Å²) in [4.78, 5) is 51.2. The molecule has 2 amide bonds. The van der Waals surface area contributed by atoms with E-state index in [1.54, 1.807) is 4.90 Å². The molecule has 1 aliphatic heterocycles. The van der Waals surface area contributed by atoms with Gasteiger partial charge in [-0.1, -0.05) is 78.9 Å². The highest BCUT2D eigenvalue weighted by Crippen LogP contribution is 2.51. The molecule has 3 aromatic carbocycles. The molecule has 2 heterocycles. The Morgan fingerprint density at radius 3 is 2.38 bits per heavy atom. The molecular weight excluding hydrogens is 528 g/mol. The van der Waals surface area contributed by atoms with Crippen molar-refractivity contribution in [2.75, 3.05) is 4.90 Å². The molecule has 1 N–H and O–H groups in total. The first-order valence-corrected chi connectivity index (χ1v) is 14.3. The first-order chi connectivity index (χ1) is 20.6. The van der Waals surface area contributed by atoms with Crippen molar-refractivity contribution in [1.82, 2.24) is 15.3 Å². The van der Waals surface area contributed by atoms with E-state index in [2.05, 4.69) is 15.3 Å². The number of rotatable bonds is 8. The standard InChI is InChI=1S/C34H32N4O4/c39-30(18-17-24-10-3-1-4-11-24)37-31-29(42-32(40)27-22-35-20-21-36-27)16-9-19-34(31)26-14-7-8-15-28(26)38(33(34)41)23-25-12-5-2-6-13-25/h1-8,10-15,20-22,29,31H,9,16-19,23H2,(H,37,39)/t29-,31-,34+/m0/s1. The molecule has 1 aliphatic carbocycles. The van der Waals surface area contributed by atoms with Crippen LogP contribution < -0.4 is 10.2 Å². The van der Waals surface area contributed by atoms with Crippen molar-refractivity contribution >= 4 is 23.5 Å². The Balaban J connectivity index is 1.35. The van der Waals surface area contributed by atoms with Crippen LogP contribution in [0, 0.1) is 0 Å². The average Bonchev–Trinajstić information content (AvgIpc) is 3.26. The molecule has 3 atom stereocenters. The lowest BCUT2D eigenvalue weighted by Gasteiger charge is -2.44. The molecule has 1 aromatic heterocycles. The Labute approximate surface area is 244 Å². The summed E-state index contributed by atoms with van der Waals surface area (Å²) >= 11 is 0. The van der Waals surface area contributed by atoms with Crippen LogP contribution in [0.15, 0.2) is 104 Å². The van der Waals surface area contributed by atoms with E-state index < -0.39 is 23.5 Å². The highest BCUT2D eigenvalue weighted by Gasteiger charge is 2.60. The molecule has 8 nitrogen and oxygen atoms in total. The lowest BCUT2D eigenvalue weighted by molar-refractivity contribution is -0.131. The van der Waals surface area contributed by atoms with E-state index >= 15 is 0 Å². The lowest BCUT2D eigenvalue weighted by Crippen LogP contribution is -2.63. The number of ether oxygens (including phenoxy) is 1. The van der Waals surface area contributed by atoms with E-state index in [4.69, 9.17) is 4.74 Å². The molecule has 1 spiro atoms. The topological polar surface area (TPSA) is 101 Å². The quantitative estimate of drug-likeness (QED) is 0.311. The molecule has 42 heavy (non-hydrogen) atoms. The third kappa shape index (κ3) is 5.28. The van der Waals surface area contributed by atoms with Crippen LogP contribution in [0.25, 0.3) is 0 Å². The number of hydrogen-bond acceptors (Lipinski definition) is 6. The van der Waals surface area contributed by atoms with Crippen molar-refractivity contribution in [2.24, 2.45) is 0 Å². The van der Waals surface area contributed by atoms with Gasteiger partial charge in [-0.2, -0.15) is 0 Å². The second-order valence-corrected chi connectivity index (χ2v) is 10.8. The van der Waals surface area contributed by atoms with Gasteiger partial charge in [0.2, 0.25) is 11.8 Å². The zero-order chi connectivity index (χ0) is 28.9. The fourth-order valence-electron chi connectivity index (χ4n) is 6.33. The van der Waals surface area contributed by atoms with Crippen LogP contribution in [0.3, 0.4) is 0 Å². The summed E-state index contributed by atoms with van der Waals surface area (Å²) in [5.74, 6) is -0.924. The van der Waals surface area contributed by atoms with Gasteiger partial charge in [0.15, 0.2) is 5.69 Å². The van der Waals surface area contributed by atoms with Gasteiger partial charge >= 0.3 is 5.97 Å². The average molecular weight is 561 g/mol. The number of anilines is 1. The fraction of sp³-hybridized carbons (Fsp3) is 0.265. The van der Waals surface area contributed by atoms with Crippen molar-refractivity contribution in [3.8, 4) is 0 Å². The molecule has 0 saturated heterocycles. The first kappa shape index (κ1) is 27.3. The van der Waals surface area contributed by atoms with Gasteiger partial charge in [-0.25, -0.2) is 9.78 Å². The largest absolute Gasteiger partial charge is 0.455 e. The van der Waals surface area contributed by atoms with E-state index in [-0.39, 0.29) is 23.9 Å². The third-order valence-electron chi connectivity index (χ3n) is 8.28. The van der Waals surface area contributed by atoms with Gasteiger partial charge in [0.1, 0.15) is 11.5 Å². The molecule has 0 bridgehead atoms. The number of hydrogen-bond donors (Lipinski definition) is 1. The number of esters is 1. The van der Waals surface area contributed by atoms with Crippen LogP contribution in [-0.4, -0.2) is 39.9 Å². The Morgan fingerprint density at radius 2 is 1.64 bits per heavy atom. The minimum Gasteiger partial charge on any atom is -0.455 e. The molecule has 8 heteroatoms. The smallest absolute Gasteiger partial charge is 0.358 e. The predicted molar refractivity (Wildman–Crippen MR) is 158 cm³/mol. The van der Waals surface area contributed by atoms with Gasteiger partial charge in [0.05, 0.1) is 18.8 Å². The minimum absolute atomic E-state index is 0.0788. The highest BCUT2D eigenvalue weighted by atomic mass is 16.5. The van der Waals surface area contributed by atoms with Crippen LogP contribution in [-0.2, 0) is 32.7 Å². The van der Waals surface area contributed by atoms with Gasteiger partial charge in [-0.15, -0.1) is 0 Å². The van der Waals surface area contributed by atoms with Crippen LogP contribution in [0.4, 0.5) is 5.69 Å². The number of benzene rings is 3. The van der Waals surface area contributed by atoms with E-state index in [9.17, 15) is 14.4 Å². The zero-order valence-corrected chi connectivity index (χ0v) is 23.2. The zero-order valence-electron chi connectivity index (χ0n) is 23.2. The highest BCUT2D eigenvalue weighted by molar-refractivity contribution is 6.09.